The number of hydrogen-bond donors (Lipinski definition) is 0. The van der Waals surface area contributed by atoms with Crippen LogP contribution in [-0.4, -0.2) is 54.9 Å². The van der Waals surface area contributed by atoms with Gasteiger partial charge >= 0.3 is 5.97 Å². The summed E-state index contributed by atoms with van der Waals surface area (Å²) < 4.78 is 10.5. The zero-order valence-electron chi connectivity index (χ0n) is 16.3. The highest BCUT2D eigenvalue weighted by Gasteiger charge is 2.37. The number of anilines is 1. The van der Waals surface area contributed by atoms with E-state index in [4.69, 9.17) is 9.47 Å². The van der Waals surface area contributed by atoms with Gasteiger partial charge in [0.1, 0.15) is 12.3 Å². The van der Waals surface area contributed by atoms with E-state index in [1.54, 1.807) is 27.0 Å². The number of benzene rings is 1. The van der Waals surface area contributed by atoms with Gasteiger partial charge in [-0.2, -0.15) is 0 Å². The molecule has 0 aliphatic carbocycles. The van der Waals surface area contributed by atoms with Gasteiger partial charge in [0, 0.05) is 30.4 Å². The highest BCUT2D eigenvalue weighted by molar-refractivity contribution is 8.18. The molecule has 2 aliphatic rings. The van der Waals surface area contributed by atoms with E-state index in [0.717, 1.165) is 35.4 Å². The molecule has 8 heteroatoms. The fourth-order valence-corrected chi connectivity index (χ4v) is 4.03. The smallest absolute Gasteiger partial charge is 0.326 e. The number of carbonyl (C=O) groups is 3. The molecule has 0 atom stereocenters. The largest absolute Gasteiger partial charge is 0.496 e. The maximum absolute atomic E-state index is 12.6. The van der Waals surface area contributed by atoms with Crippen LogP contribution in [-0.2, 0) is 14.3 Å². The SMILES string of the molecule is COc1cc(N2CCCC2)ccc1/C=C1/SC(=O)N(CC(=O)OC(C)C)C1=O. The molecule has 0 spiro atoms. The number of nitrogens with zero attached hydrogens (tertiary/aromatic N) is 2. The first-order valence-electron chi connectivity index (χ1n) is 9.27. The molecule has 3 rings (SSSR count). The number of imide groups is 1. The monoisotopic (exact) mass is 404 g/mol. The average Bonchev–Trinajstić information content (AvgIpc) is 3.26. The zero-order chi connectivity index (χ0) is 20.3. The van der Waals surface area contributed by atoms with Gasteiger partial charge in [0.25, 0.3) is 11.1 Å². The summed E-state index contributed by atoms with van der Waals surface area (Å²) in [7, 11) is 1.58. The predicted octanol–water partition coefficient (Wildman–Crippen LogP) is 3.28. The van der Waals surface area contributed by atoms with Crippen LogP contribution in [0.3, 0.4) is 0 Å². The predicted molar refractivity (Wildman–Crippen MR) is 108 cm³/mol. The summed E-state index contributed by atoms with van der Waals surface area (Å²) >= 11 is 0.811. The lowest BCUT2D eigenvalue weighted by Crippen LogP contribution is -2.35. The van der Waals surface area contributed by atoms with E-state index in [1.807, 2.05) is 18.2 Å². The number of methoxy groups -OCH3 is 1. The van der Waals surface area contributed by atoms with Crippen LogP contribution < -0.4 is 9.64 Å². The summed E-state index contributed by atoms with van der Waals surface area (Å²) in [6.45, 7) is 5.08. The molecule has 28 heavy (non-hydrogen) atoms. The highest BCUT2D eigenvalue weighted by Crippen LogP contribution is 2.35. The van der Waals surface area contributed by atoms with E-state index >= 15 is 0 Å². The Labute approximate surface area is 168 Å². The number of ether oxygens (including phenoxy) is 2. The van der Waals surface area contributed by atoms with Gasteiger partial charge < -0.3 is 14.4 Å². The molecule has 2 fully saturated rings. The van der Waals surface area contributed by atoms with Gasteiger partial charge in [0.15, 0.2) is 0 Å². The molecule has 2 heterocycles. The molecule has 0 N–H and O–H groups in total. The standard InChI is InChI=1S/C20H24N2O5S/c1-13(2)27-18(23)12-22-19(24)17(28-20(22)25)10-14-6-7-15(11-16(14)26-3)21-8-4-5-9-21/h6-7,10-11,13H,4-5,8-9,12H2,1-3H3/b17-10+. The second-order valence-corrected chi connectivity index (χ2v) is 7.92. The summed E-state index contributed by atoms with van der Waals surface area (Å²) in [5.41, 5.74) is 1.79. The van der Waals surface area contributed by atoms with Crippen LogP contribution in [0.15, 0.2) is 23.1 Å². The lowest BCUT2D eigenvalue weighted by atomic mass is 10.1. The van der Waals surface area contributed by atoms with Crippen molar-refractivity contribution in [3.63, 3.8) is 0 Å². The molecule has 150 valence electrons. The first-order valence-corrected chi connectivity index (χ1v) is 10.1. The van der Waals surface area contributed by atoms with Crippen molar-refractivity contribution in [1.29, 1.82) is 0 Å². The highest BCUT2D eigenvalue weighted by atomic mass is 32.2. The zero-order valence-corrected chi connectivity index (χ0v) is 17.1. The van der Waals surface area contributed by atoms with Crippen molar-refractivity contribution >= 4 is 40.6 Å². The fourth-order valence-electron chi connectivity index (χ4n) is 3.20. The molecule has 0 bridgehead atoms. The number of esters is 1. The van der Waals surface area contributed by atoms with E-state index < -0.39 is 17.1 Å². The van der Waals surface area contributed by atoms with E-state index in [9.17, 15) is 14.4 Å². The molecule has 7 nitrogen and oxygen atoms in total. The van der Waals surface area contributed by atoms with Crippen molar-refractivity contribution < 1.29 is 23.9 Å². The first kappa shape index (κ1) is 20.3. The lowest BCUT2D eigenvalue weighted by Gasteiger charge is -2.19. The Morgan fingerprint density at radius 1 is 1.25 bits per heavy atom. The van der Waals surface area contributed by atoms with Gasteiger partial charge in [-0.05, 0) is 56.7 Å². The minimum atomic E-state index is -0.605. The maximum Gasteiger partial charge on any atom is 0.326 e. The molecule has 0 aromatic heterocycles. The van der Waals surface area contributed by atoms with Crippen LogP contribution in [0.4, 0.5) is 10.5 Å². The van der Waals surface area contributed by atoms with Crippen LogP contribution in [0.1, 0.15) is 32.3 Å². The first-order chi connectivity index (χ1) is 13.4. The minimum Gasteiger partial charge on any atom is -0.496 e. The number of carbonyl (C=O) groups excluding carboxylic acids is 3. The van der Waals surface area contributed by atoms with E-state index in [2.05, 4.69) is 4.90 Å². The number of rotatable bonds is 6. The van der Waals surface area contributed by atoms with Gasteiger partial charge in [-0.3, -0.25) is 19.3 Å². The van der Waals surface area contributed by atoms with Gasteiger partial charge in [-0.15, -0.1) is 0 Å². The van der Waals surface area contributed by atoms with E-state index in [-0.39, 0.29) is 17.6 Å². The van der Waals surface area contributed by atoms with Crippen LogP contribution in [0.2, 0.25) is 0 Å². The Bertz CT molecular complexity index is 815. The Morgan fingerprint density at radius 2 is 1.96 bits per heavy atom. The van der Waals surface area contributed by atoms with Gasteiger partial charge in [-0.25, -0.2) is 0 Å². The van der Waals surface area contributed by atoms with Crippen LogP contribution >= 0.6 is 11.8 Å². The van der Waals surface area contributed by atoms with E-state index in [1.165, 1.54) is 12.8 Å². The molecule has 0 radical (unpaired) electrons. The van der Waals surface area contributed by atoms with Crippen molar-refractivity contribution in [2.45, 2.75) is 32.8 Å². The molecule has 2 saturated heterocycles. The number of thioether (sulfide) groups is 1. The summed E-state index contributed by atoms with van der Waals surface area (Å²) in [5.74, 6) is -0.470. The Morgan fingerprint density at radius 3 is 2.61 bits per heavy atom. The molecular weight excluding hydrogens is 380 g/mol. The summed E-state index contributed by atoms with van der Waals surface area (Å²) in [6, 6.07) is 5.82. The number of hydrogen-bond acceptors (Lipinski definition) is 7. The van der Waals surface area contributed by atoms with Crippen molar-refractivity contribution in [3.05, 3.63) is 28.7 Å². The molecule has 1 aromatic carbocycles. The molecule has 1 aromatic rings. The Kier molecular flexibility index (Phi) is 6.28. The Hall–Kier alpha value is -2.48. The third-order valence-electron chi connectivity index (χ3n) is 4.50. The molecule has 0 saturated carbocycles. The molecule has 2 aliphatic heterocycles. The summed E-state index contributed by atoms with van der Waals surface area (Å²) in [4.78, 5) is 40.0. The normalized spacial score (nSPS) is 18.5. The molecule has 2 amide bonds. The van der Waals surface area contributed by atoms with Crippen LogP contribution in [0.25, 0.3) is 6.08 Å². The minimum absolute atomic E-state index is 0.259. The lowest BCUT2D eigenvalue weighted by molar-refractivity contribution is -0.149. The van der Waals surface area contributed by atoms with Crippen molar-refractivity contribution in [3.8, 4) is 5.75 Å². The van der Waals surface area contributed by atoms with Gasteiger partial charge in [0.05, 0.1) is 18.1 Å². The second-order valence-electron chi connectivity index (χ2n) is 6.93. The third kappa shape index (κ3) is 4.49. The van der Waals surface area contributed by atoms with Gasteiger partial charge in [-0.1, -0.05) is 0 Å². The summed E-state index contributed by atoms with van der Waals surface area (Å²) in [5, 5.41) is -0.482. The summed E-state index contributed by atoms with van der Waals surface area (Å²) in [6.07, 6.45) is 3.68. The van der Waals surface area contributed by atoms with Crippen molar-refractivity contribution in [1.82, 2.24) is 4.90 Å². The van der Waals surface area contributed by atoms with Crippen molar-refractivity contribution in [2.75, 3.05) is 31.6 Å². The van der Waals surface area contributed by atoms with Crippen molar-refractivity contribution in [2.24, 2.45) is 0 Å². The van der Waals surface area contributed by atoms with Gasteiger partial charge in [0.2, 0.25) is 0 Å². The van der Waals surface area contributed by atoms with Crippen LogP contribution in [0.5, 0.6) is 5.75 Å². The van der Waals surface area contributed by atoms with Crippen LogP contribution in [0, 0.1) is 0 Å². The fraction of sp³-hybridized carbons (Fsp3) is 0.450. The number of amides is 2. The third-order valence-corrected chi connectivity index (χ3v) is 5.41. The maximum atomic E-state index is 12.6. The van der Waals surface area contributed by atoms with E-state index in [0.29, 0.717) is 11.3 Å². The molecule has 0 unspecified atom stereocenters. The topological polar surface area (TPSA) is 76.2 Å². The second kappa shape index (κ2) is 8.68. The average molecular weight is 404 g/mol. The quantitative estimate of drug-likeness (QED) is 0.532. The Balaban J connectivity index is 1.78. The molecular formula is C20H24N2O5S.